The number of carboxylic acids is 1. The van der Waals surface area contributed by atoms with Crippen molar-refractivity contribution in [3.8, 4) is 0 Å². The topological polar surface area (TPSA) is 52.6 Å². The van der Waals surface area contributed by atoms with Crippen molar-refractivity contribution in [1.82, 2.24) is 10.2 Å². The van der Waals surface area contributed by atoms with Crippen LogP contribution in [-0.4, -0.2) is 45.7 Å². The number of carboxylic acid groups (broad SMARTS) is 1. The first kappa shape index (κ1) is 13.4. The molecule has 1 saturated heterocycles. The Hall–Kier alpha value is -0.610. The van der Waals surface area contributed by atoms with Crippen LogP contribution in [0.2, 0.25) is 0 Å². The van der Waals surface area contributed by atoms with Crippen molar-refractivity contribution >= 4 is 5.97 Å². The molecular formula is C15H26N2O2. The number of rotatable bonds is 4. The van der Waals surface area contributed by atoms with Crippen molar-refractivity contribution in [1.29, 1.82) is 0 Å². The standard InChI is InChI=1S/C15H26N2O2/c1-14(2)7-3-9-17(14)12-6-8-15(10-12,13(18)19)16-11-4-5-11/h11-12,16H,3-10H2,1-2H3,(H,18,19). The van der Waals surface area contributed by atoms with E-state index in [2.05, 4.69) is 24.1 Å². The van der Waals surface area contributed by atoms with E-state index >= 15 is 0 Å². The summed E-state index contributed by atoms with van der Waals surface area (Å²) >= 11 is 0. The lowest BCUT2D eigenvalue weighted by Gasteiger charge is -2.37. The zero-order valence-corrected chi connectivity index (χ0v) is 12.1. The molecule has 0 radical (unpaired) electrons. The van der Waals surface area contributed by atoms with E-state index in [9.17, 15) is 9.90 Å². The molecule has 1 aliphatic heterocycles. The number of aliphatic carboxylic acids is 1. The molecule has 3 aliphatic rings. The molecule has 0 aromatic heterocycles. The van der Waals surface area contributed by atoms with Crippen molar-refractivity contribution in [3.63, 3.8) is 0 Å². The van der Waals surface area contributed by atoms with Crippen LogP contribution >= 0.6 is 0 Å². The number of nitrogens with one attached hydrogen (secondary N) is 1. The Bertz CT molecular complexity index is 378. The summed E-state index contributed by atoms with van der Waals surface area (Å²) in [6.45, 7) is 5.74. The van der Waals surface area contributed by atoms with Crippen LogP contribution in [-0.2, 0) is 4.79 Å². The zero-order valence-electron chi connectivity index (χ0n) is 12.1. The van der Waals surface area contributed by atoms with Gasteiger partial charge in [0.25, 0.3) is 0 Å². The molecule has 2 unspecified atom stereocenters. The number of likely N-dealkylation sites (tertiary alicyclic amines) is 1. The molecule has 0 bridgehead atoms. The maximum absolute atomic E-state index is 11.7. The molecule has 2 atom stereocenters. The molecule has 1 heterocycles. The minimum atomic E-state index is -0.648. The van der Waals surface area contributed by atoms with Gasteiger partial charge >= 0.3 is 5.97 Å². The van der Waals surface area contributed by atoms with Crippen molar-refractivity contribution in [3.05, 3.63) is 0 Å². The smallest absolute Gasteiger partial charge is 0.323 e. The fourth-order valence-corrected chi connectivity index (χ4v) is 4.10. The van der Waals surface area contributed by atoms with Gasteiger partial charge in [-0.25, -0.2) is 0 Å². The lowest BCUT2D eigenvalue weighted by Crippen LogP contribution is -2.53. The van der Waals surface area contributed by atoms with Crippen LogP contribution in [0, 0.1) is 0 Å². The summed E-state index contributed by atoms with van der Waals surface area (Å²) in [6, 6.07) is 0.904. The highest BCUT2D eigenvalue weighted by molar-refractivity contribution is 5.79. The second-order valence-corrected chi connectivity index (χ2v) is 7.31. The average Bonchev–Trinajstić information content (AvgIpc) is 2.90. The van der Waals surface area contributed by atoms with Crippen molar-refractivity contribution < 1.29 is 9.90 Å². The van der Waals surface area contributed by atoms with Gasteiger partial charge in [0.15, 0.2) is 0 Å². The van der Waals surface area contributed by atoms with Crippen LogP contribution in [0.5, 0.6) is 0 Å². The Balaban J connectivity index is 1.72. The van der Waals surface area contributed by atoms with Gasteiger partial charge in [0.05, 0.1) is 0 Å². The SMILES string of the molecule is CC1(C)CCCN1C1CCC(NC2CC2)(C(=O)O)C1. The van der Waals surface area contributed by atoms with Gasteiger partial charge in [-0.2, -0.15) is 0 Å². The molecule has 19 heavy (non-hydrogen) atoms. The van der Waals surface area contributed by atoms with Crippen LogP contribution in [0.15, 0.2) is 0 Å². The first-order chi connectivity index (χ1) is 8.93. The Morgan fingerprint density at radius 1 is 1.26 bits per heavy atom. The molecule has 108 valence electrons. The van der Waals surface area contributed by atoms with Crippen LogP contribution in [0.1, 0.15) is 58.8 Å². The van der Waals surface area contributed by atoms with Crippen molar-refractivity contribution in [2.75, 3.05) is 6.54 Å². The molecule has 0 aromatic rings. The van der Waals surface area contributed by atoms with Gasteiger partial charge < -0.3 is 5.11 Å². The number of hydrogen-bond acceptors (Lipinski definition) is 3. The Labute approximate surface area is 115 Å². The normalized spacial score (nSPS) is 38.7. The number of carbonyl (C=O) groups is 1. The lowest BCUT2D eigenvalue weighted by molar-refractivity contribution is -0.145. The summed E-state index contributed by atoms with van der Waals surface area (Å²) in [5, 5.41) is 13.1. The maximum Gasteiger partial charge on any atom is 0.323 e. The first-order valence-electron chi connectivity index (χ1n) is 7.71. The highest BCUT2D eigenvalue weighted by Gasteiger charge is 2.51. The minimum Gasteiger partial charge on any atom is -0.480 e. The van der Waals surface area contributed by atoms with E-state index in [1.165, 1.54) is 12.8 Å². The lowest BCUT2D eigenvalue weighted by atomic mass is 9.95. The van der Waals surface area contributed by atoms with E-state index in [0.29, 0.717) is 12.1 Å². The van der Waals surface area contributed by atoms with E-state index in [0.717, 1.165) is 38.6 Å². The fourth-order valence-electron chi connectivity index (χ4n) is 4.10. The monoisotopic (exact) mass is 266 g/mol. The average molecular weight is 266 g/mol. The fraction of sp³-hybridized carbons (Fsp3) is 0.933. The number of nitrogens with zero attached hydrogens (tertiary/aromatic N) is 1. The van der Waals surface area contributed by atoms with E-state index < -0.39 is 11.5 Å². The van der Waals surface area contributed by atoms with Gasteiger partial charge in [0.1, 0.15) is 5.54 Å². The van der Waals surface area contributed by atoms with Gasteiger partial charge in [-0.3, -0.25) is 15.0 Å². The molecule has 4 heteroatoms. The van der Waals surface area contributed by atoms with Gasteiger partial charge in [0.2, 0.25) is 0 Å². The molecular weight excluding hydrogens is 240 g/mol. The van der Waals surface area contributed by atoms with E-state index in [1.54, 1.807) is 0 Å². The van der Waals surface area contributed by atoms with Crippen molar-refractivity contribution in [2.24, 2.45) is 0 Å². The number of hydrogen-bond donors (Lipinski definition) is 2. The minimum absolute atomic E-state index is 0.249. The second-order valence-electron chi connectivity index (χ2n) is 7.31. The molecule has 3 fully saturated rings. The highest BCUT2D eigenvalue weighted by Crippen LogP contribution is 2.41. The Kier molecular flexibility index (Phi) is 3.13. The second kappa shape index (κ2) is 4.45. The summed E-state index contributed by atoms with van der Waals surface area (Å²) in [5.41, 5.74) is -0.399. The molecule has 0 amide bonds. The van der Waals surface area contributed by atoms with E-state index in [-0.39, 0.29) is 5.54 Å². The van der Waals surface area contributed by atoms with E-state index in [1.807, 2.05) is 0 Å². The maximum atomic E-state index is 11.7. The van der Waals surface area contributed by atoms with Gasteiger partial charge in [-0.1, -0.05) is 0 Å². The summed E-state index contributed by atoms with van der Waals surface area (Å²) in [5.74, 6) is -0.640. The van der Waals surface area contributed by atoms with E-state index in [4.69, 9.17) is 0 Å². The summed E-state index contributed by atoms with van der Waals surface area (Å²) in [4.78, 5) is 14.3. The largest absolute Gasteiger partial charge is 0.480 e. The molecule has 2 N–H and O–H groups in total. The molecule has 3 rings (SSSR count). The van der Waals surface area contributed by atoms with Crippen LogP contribution in [0.4, 0.5) is 0 Å². The summed E-state index contributed by atoms with van der Waals surface area (Å²) in [7, 11) is 0. The summed E-state index contributed by atoms with van der Waals surface area (Å²) in [6.07, 6.45) is 7.37. The Morgan fingerprint density at radius 3 is 2.53 bits per heavy atom. The molecule has 0 aromatic carbocycles. The predicted molar refractivity (Wildman–Crippen MR) is 74.2 cm³/mol. The third-order valence-corrected chi connectivity index (χ3v) is 5.36. The van der Waals surface area contributed by atoms with Gasteiger partial charge in [0, 0.05) is 17.6 Å². The molecule has 2 saturated carbocycles. The molecule has 0 spiro atoms. The van der Waals surface area contributed by atoms with Crippen LogP contribution in [0.3, 0.4) is 0 Å². The third-order valence-electron chi connectivity index (χ3n) is 5.36. The van der Waals surface area contributed by atoms with Crippen molar-refractivity contribution in [2.45, 2.75) is 82.0 Å². The van der Waals surface area contributed by atoms with Gasteiger partial charge in [-0.05, 0) is 65.3 Å². The van der Waals surface area contributed by atoms with Crippen LogP contribution < -0.4 is 5.32 Å². The quantitative estimate of drug-likeness (QED) is 0.817. The Morgan fingerprint density at radius 2 is 2.00 bits per heavy atom. The molecule has 2 aliphatic carbocycles. The van der Waals surface area contributed by atoms with Crippen LogP contribution in [0.25, 0.3) is 0 Å². The predicted octanol–water partition coefficient (Wildman–Crippen LogP) is 1.99. The zero-order chi connectivity index (χ0) is 13.7. The third kappa shape index (κ3) is 2.40. The summed E-state index contributed by atoms with van der Waals surface area (Å²) < 4.78 is 0. The van der Waals surface area contributed by atoms with Gasteiger partial charge in [-0.15, -0.1) is 0 Å². The first-order valence-corrected chi connectivity index (χ1v) is 7.71. The highest BCUT2D eigenvalue weighted by atomic mass is 16.4. The molecule has 4 nitrogen and oxygen atoms in total.